The molecule has 0 atom stereocenters. The van der Waals surface area contributed by atoms with Crippen LogP contribution >= 0.6 is 0 Å². The van der Waals surface area contributed by atoms with Crippen molar-refractivity contribution in [1.29, 1.82) is 0 Å². The topological polar surface area (TPSA) is 85.4 Å². The zero-order valence-corrected chi connectivity index (χ0v) is 16.4. The molecule has 2 aromatic heterocycles. The number of hydrogen-bond acceptors (Lipinski definition) is 5. The fourth-order valence-electron chi connectivity index (χ4n) is 2.47. The summed E-state index contributed by atoms with van der Waals surface area (Å²) in [4.78, 5) is 6.81. The standard InChI is InChI=1S/C17H30N8O/c1-6-26-9-7-8-18-17(19-11-16-22-21-14(2)25(16)5)23(3)12-15-10-20-24(4)13-15/h10,13H,6-9,11-12H2,1-5H3,(H,18,19). The van der Waals surface area contributed by atoms with E-state index in [-0.39, 0.29) is 0 Å². The summed E-state index contributed by atoms with van der Waals surface area (Å²) in [7, 11) is 5.89. The molecule has 0 saturated carbocycles. The normalized spacial score (nSPS) is 11.8. The van der Waals surface area contributed by atoms with Crippen LogP contribution in [-0.2, 0) is 31.9 Å². The lowest BCUT2D eigenvalue weighted by atomic mass is 10.3. The number of nitrogens with one attached hydrogen (secondary N) is 1. The number of nitrogens with zero attached hydrogens (tertiary/aromatic N) is 7. The molecule has 0 saturated heterocycles. The average molecular weight is 362 g/mol. The van der Waals surface area contributed by atoms with E-state index in [4.69, 9.17) is 9.73 Å². The van der Waals surface area contributed by atoms with E-state index in [0.29, 0.717) is 6.54 Å². The Labute approximate surface area is 155 Å². The molecule has 9 nitrogen and oxygen atoms in total. The molecule has 0 unspecified atom stereocenters. The number of hydrogen-bond donors (Lipinski definition) is 1. The highest BCUT2D eigenvalue weighted by Gasteiger charge is 2.10. The summed E-state index contributed by atoms with van der Waals surface area (Å²) >= 11 is 0. The fourth-order valence-corrected chi connectivity index (χ4v) is 2.47. The summed E-state index contributed by atoms with van der Waals surface area (Å²) in [5, 5.41) is 15.9. The van der Waals surface area contributed by atoms with Gasteiger partial charge in [0.2, 0.25) is 0 Å². The third-order valence-corrected chi connectivity index (χ3v) is 4.05. The first-order valence-corrected chi connectivity index (χ1v) is 8.90. The van der Waals surface area contributed by atoms with Gasteiger partial charge < -0.3 is 19.5 Å². The molecule has 2 rings (SSSR count). The van der Waals surface area contributed by atoms with Gasteiger partial charge in [-0.15, -0.1) is 10.2 Å². The van der Waals surface area contributed by atoms with E-state index in [0.717, 1.165) is 55.9 Å². The van der Waals surface area contributed by atoms with E-state index in [1.807, 2.05) is 52.0 Å². The van der Waals surface area contributed by atoms with Crippen LogP contribution in [0.25, 0.3) is 0 Å². The number of aryl methyl sites for hydroxylation is 2. The Kier molecular flexibility index (Phi) is 7.58. The third kappa shape index (κ3) is 5.83. The largest absolute Gasteiger partial charge is 0.382 e. The minimum atomic E-state index is 0.475. The second kappa shape index (κ2) is 9.91. The van der Waals surface area contributed by atoms with Crippen LogP contribution < -0.4 is 5.32 Å². The molecule has 144 valence electrons. The highest BCUT2D eigenvalue weighted by Crippen LogP contribution is 2.04. The number of aromatic nitrogens is 5. The summed E-state index contributed by atoms with van der Waals surface area (Å²) in [6.45, 7) is 7.42. The van der Waals surface area contributed by atoms with Gasteiger partial charge in [-0.1, -0.05) is 0 Å². The summed E-state index contributed by atoms with van der Waals surface area (Å²) in [6, 6.07) is 0. The van der Waals surface area contributed by atoms with Crippen molar-refractivity contribution < 1.29 is 4.74 Å². The van der Waals surface area contributed by atoms with Crippen molar-refractivity contribution in [3.63, 3.8) is 0 Å². The van der Waals surface area contributed by atoms with E-state index in [1.54, 1.807) is 4.68 Å². The van der Waals surface area contributed by atoms with Crippen LogP contribution in [0.2, 0.25) is 0 Å². The van der Waals surface area contributed by atoms with Crippen molar-refractivity contribution in [3.8, 4) is 0 Å². The van der Waals surface area contributed by atoms with Gasteiger partial charge in [-0.25, -0.2) is 4.99 Å². The number of guanidine groups is 1. The highest BCUT2D eigenvalue weighted by molar-refractivity contribution is 5.79. The third-order valence-electron chi connectivity index (χ3n) is 4.05. The molecule has 0 spiro atoms. The Balaban J connectivity index is 2.01. The minimum Gasteiger partial charge on any atom is -0.382 e. The van der Waals surface area contributed by atoms with Gasteiger partial charge in [0.1, 0.15) is 12.4 Å². The number of rotatable bonds is 9. The molecule has 2 heterocycles. The molecule has 0 bridgehead atoms. The van der Waals surface area contributed by atoms with E-state index >= 15 is 0 Å². The molecule has 0 radical (unpaired) electrons. The molecular weight excluding hydrogens is 332 g/mol. The van der Waals surface area contributed by atoms with Gasteiger partial charge in [0.05, 0.1) is 6.20 Å². The van der Waals surface area contributed by atoms with Crippen molar-refractivity contribution >= 4 is 5.96 Å². The van der Waals surface area contributed by atoms with Gasteiger partial charge in [-0.2, -0.15) is 5.10 Å². The predicted octanol–water partition coefficient (Wildman–Crippen LogP) is 0.861. The van der Waals surface area contributed by atoms with Crippen LogP contribution in [0.4, 0.5) is 0 Å². The summed E-state index contributed by atoms with van der Waals surface area (Å²) in [6.07, 6.45) is 4.81. The van der Waals surface area contributed by atoms with Crippen molar-refractivity contribution in [2.45, 2.75) is 33.4 Å². The first kappa shape index (κ1) is 19.9. The maximum Gasteiger partial charge on any atom is 0.194 e. The number of aliphatic imine (C=N–C) groups is 1. The smallest absolute Gasteiger partial charge is 0.194 e. The van der Waals surface area contributed by atoms with Gasteiger partial charge in [0.25, 0.3) is 0 Å². The van der Waals surface area contributed by atoms with Crippen molar-refractivity contribution in [2.24, 2.45) is 19.1 Å². The molecule has 0 aliphatic heterocycles. The quantitative estimate of drug-likeness (QED) is 0.405. The first-order valence-electron chi connectivity index (χ1n) is 8.90. The molecule has 0 aliphatic carbocycles. The Morgan fingerprint density at radius 3 is 2.77 bits per heavy atom. The van der Waals surface area contributed by atoms with Crippen LogP contribution in [0.15, 0.2) is 17.4 Å². The summed E-state index contributed by atoms with van der Waals surface area (Å²) in [5.41, 5.74) is 1.13. The average Bonchev–Trinajstić information content (AvgIpc) is 3.16. The van der Waals surface area contributed by atoms with Crippen LogP contribution in [0.5, 0.6) is 0 Å². The van der Waals surface area contributed by atoms with Gasteiger partial charge in [-0.3, -0.25) is 4.68 Å². The Morgan fingerprint density at radius 1 is 1.35 bits per heavy atom. The van der Waals surface area contributed by atoms with Crippen molar-refractivity contribution in [3.05, 3.63) is 29.6 Å². The minimum absolute atomic E-state index is 0.475. The first-order chi connectivity index (χ1) is 12.5. The second-order valence-corrected chi connectivity index (χ2v) is 6.22. The van der Waals surface area contributed by atoms with E-state index in [1.165, 1.54) is 0 Å². The van der Waals surface area contributed by atoms with Gasteiger partial charge in [0, 0.05) is 59.2 Å². The van der Waals surface area contributed by atoms with Crippen molar-refractivity contribution in [2.75, 3.05) is 26.8 Å². The lowest BCUT2D eigenvalue weighted by Gasteiger charge is -2.22. The Bertz CT molecular complexity index is 705. The lowest BCUT2D eigenvalue weighted by Crippen LogP contribution is -2.39. The molecule has 26 heavy (non-hydrogen) atoms. The fraction of sp³-hybridized carbons (Fsp3) is 0.647. The molecule has 0 aromatic carbocycles. The zero-order chi connectivity index (χ0) is 18.9. The highest BCUT2D eigenvalue weighted by atomic mass is 16.5. The van der Waals surface area contributed by atoms with Crippen LogP contribution in [0, 0.1) is 6.92 Å². The molecule has 9 heteroatoms. The zero-order valence-electron chi connectivity index (χ0n) is 16.4. The maximum absolute atomic E-state index is 5.40. The van der Waals surface area contributed by atoms with E-state index in [2.05, 4.69) is 25.5 Å². The Morgan fingerprint density at radius 2 is 2.15 bits per heavy atom. The summed E-state index contributed by atoms with van der Waals surface area (Å²) < 4.78 is 9.15. The predicted molar refractivity (Wildman–Crippen MR) is 101 cm³/mol. The van der Waals surface area contributed by atoms with Crippen LogP contribution in [0.1, 0.15) is 30.6 Å². The molecule has 1 N–H and O–H groups in total. The Hall–Kier alpha value is -2.42. The van der Waals surface area contributed by atoms with Gasteiger partial charge in [-0.05, 0) is 20.3 Å². The molecule has 0 amide bonds. The monoisotopic (exact) mass is 362 g/mol. The van der Waals surface area contributed by atoms with Crippen LogP contribution in [-0.4, -0.2) is 62.2 Å². The second-order valence-electron chi connectivity index (χ2n) is 6.22. The maximum atomic E-state index is 5.40. The van der Waals surface area contributed by atoms with E-state index < -0.39 is 0 Å². The molecule has 2 aromatic rings. The number of ether oxygens (including phenoxy) is 1. The lowest BCUT2D eigenvalue weighted by molar-refractivity contribution is 0.145. The molecule has 0 aliphatic rings. The molecule has 0 fully saturated rings. The van der Waals surface area contributed by atoms with Gasteiger partial charge >= 0.3 is 0 Å². The summed E-state index contributed by atoms with van der Waals surface area (Å²) in [5.74, 6) is 2.54. The van der Waals surface area contributed by atoms with E-state index in [9.17, 15) is 0 Å². The molecular formula is C17H30N8O. The SMILES string of the molecule is CCOCCCNC(=NCc1nnc(C)n1C)N(C)Cc1cnn(C)c1. The van der Waals surface area contributed by atoms with Crippen molar-refractivity contribution in [1.82, 2.24) is 34.8 Å². The van der Waals surface area contributed by atoms with Crippen LogP contribution in [0.3, 0.4) is 0 Å². The van der Waals surface area contributed by atoms with Gasteiger partial charge in [0.15, 0.2) is 11.8 Å².